The van der Waals surface area contributed by atoms with Crippen molar-refractivity contribution in [2.24, 2.45) is 0 Å². The Morgan fingerprint density at radius 2 is 1.54 bits per heavy atom. The summed E-state index contributed by atoms with van der Waals surface area (Å²) in [6.45, 7) is 0. The molecule has 26 heavy (non-hydrogen) atoms. The molecule has 128 valence electrons. The lowest BCUT2D eigenvalue weighted by Gasteiger charge is -2.08. The third kappa shape index (κ3) is 3.16. The van der Waals surface area contributed by atoms with Crippen LogP contribution in [0.3, 0.4) is 0 Å². The minimum absolute atomic E-state index is 0.813. The summed E-state index contributed by atoms with van der Waals surface area (Å²) in [5, 5.41) is 4.89. The van der Waals surface area contributed by atoms with Gasteiger partial charge in [-0.2, -0.15) is 5.10 Å². The van der Waals surface area contributed by atoms with Crippen LogP contribution in [0.2, 0.25) is 0 Å². The molecular weight excluding hydrogens is 388 g/mol. The van der Waals surface area contributed by atoms with Crippen LogP contribution >= 0.6 is 15.9 Å². The summed E-state index contributed by atoms with van der Waals surface area (Å²) in [7, 11) is 1.68. The number of benzene rings is 3. The van der Waals surface area contributed by atoms with Gasteiger partial charge in [-0.05, 0) is 42.5 Å². The second kappa shape index (κ2) is 7.18. The molecule has 0 saturated heterocycles. The van der Waals surface area contributed by atoms with E-state index in [1.807, 2.05) is 59.3 Å². The number of rotatable bonds is 4. The van der Waals surface area contributed by atoms with E-state index in [9.17, 15) is 0 Å². The monoisotopic (exact) mass is 404 g/mol. The maximum atomic E-state index is 5.52. The van der Waals surface area contributed by atoms with Crippen LogP contribution in [-0.2, 0) is 0 Å². The first-order valence-electron chi connectivity index (χ1n) is 8.31. The summed E-state index contributed by atoms with van der Waals surface area (Å²) in [5.41, 5.74) is 5.01. The Labute approximate surface area is 161 Å². The average molecular weight is 405 g/mol. The highest BCUT2D eigenvalue weighted by atomic mass is 79.9. The number of hydrogen-bond acceptors (Lipinski definition) is 2. The summed E-state index contributed by atoms with van der Waals surface area (Å²) >= 11 is 3.50. The van der Waals surface area contributed by atoms with Gasteiger partial charge < -0.3 is 4.74 Å². The van der Waals surface area contributed by atoms with Crippen molar-refractivity contribution >= 4 is 15.9 Å². The Kier molecular flexibility index (Phi) is 4.59. The van der Waals surface area contributed by atoms with Gasteiger partial charge in [0.1, 0.15) is 5.75 Å². The fourth-order valence-corrected chi connectivity index (χ4v) is 3.23. The number of nitrogens with zero attached hydrogens (tertiary/aromatic N) is 2. The Hall–Kier alpha value is -2.85. The van der Waals surface area contributed by atoms with Gasteiger partial charge in [0.15, 0.2) is 0 Å². The van der Waals surface area contributed by atoms with E-state index in [4.69, 9.17) is 9.84 Å². The molecule has 1 aromatic heterocycles. The summed E-state index contributed by atoms with van der Waals surface area (Å²) in [6.07, 6.45) is 0. The van der Waals surface area contributed by atoms with Crippen molar-refractivity contribution in [1.29, 1.82) is 0 Å². The quantitative estimate of drug-likeness (QED) is 0.418. The van der Waals surface area contributed by atoms with Gasteiger partial charge in [-0.3, -0.25) is 0 Å². The first-order chi connectivity index (χ1) is 12.8. The maximum absolute atomic E-state index is 5.52. The van der Waals surface area contributed by atoms with Gasteiger partial charge >= 0.3 is 0 Å². The summed E-state index contributed by atoms with van der Waals surface area (Å²) in [4.78, 5) is 0. The van der Waals surface area contributed by atoms with E-state index in [-0.39, 0.29) is 0 Å². The van der Waals surface area contributed by atoms with E-state index in [2.05, 4.69) is 46.3 Å². The molecule has 0 aliphatic rings. The van der Waals surface area contributed by atoms with Crippen molar-refractivity contribution in [3.8, 4) is 34.0 Å². The molecule has 1 heterocycles. The lowest BCUT2D eigenvalue weighted by atomic mass is 10.1. The van der Waals surface area contributed by atoms with Crippen molar-refractivity contribution in [2.75, 3.05) is 7.11 Å². The maximum Gasteiger partial charge on any atom is 0.128 e. The van der Waals surface area contributed by atoms with Crippen molar-refractivity contribution in [2.45, 2.75) is 0 Å². The second-order valence-corrected chi connectivity index (χ2v) is 6.79. The minimum Gasteiger partial charge on any atom is -0.496 e. The summed E-state index contributed by atoms with van der Waals surface area (Å²) < 4.78 is 8.54. The van der Waals surface area contributed by atoms with Crippen LogP contribution in [0.15, 0.2) is 89.4 Å². The van der Waals surface area contributed by atoms with Crippen molar-refractivity contribution in [1.82, 2.24) is 9.78 Å². The van der Waals surface area contributed by atoms with E-state index < -0.39 is 0 Å². The molecule has 3 aromatic carbocycles. The van der Waals surface area contributed by atoms with Crippen molar-refractivity contribution in [3.05, 3.63) is 89.4 Å². The zero-order valence-corrected chi connectivity index (χ0v) is 15.8. The number of ether oxygens (including phenoxy) is 1. The summed E-state index contributed by atoms with van der Waals surface area (Å²) in [5.74, 6) is 0.813. The van der Waals surface area contributed by atoms with Crippen LogP contribution in [0.5, 0.6) is 5.75 Å². The van der Waals surface area contributed by atoms with Gasteiger partial charge in [0.25, 0.3) is 0 Å². The number of aromatic nitrogens is 2. The van der Waals surface area contributed by atoms with Crippen LogP contribution in [-0.4, -0.2) is 16.9 Å². The molecule has 0 unspecified atom stereocenters. The van der Waals surface area contributed by atoms with Crippen LogP contribution in [0.25, 0.3) is 28.2 Å². The molecular formula is C22H17BrN2O. The highest BCUT2D eigenvalue weighted by molar-refractivity contribution is 9.10. The topological polar surface area (TPSA) is 27.1 Å². The molecule has 0 atom stereocenters. The van der Waals surface area contributed by atoms with Gasteiger partial charge in [0, 0.05) is 15.6 Å². The molecule has 4 aromatic rings. The zero-order chi connectivity index (χ0) is 17.9. The summed E-state index contributed by atoms with van der Waals surface area (Å²) in [6, 6.07) is 28.5. The number of hydrogen-bond donors (Lipinski definition) is 0. The van der Waals surface area contributed by atoms with Crippen molar-refractivity contribution < 1.29 is 4.74 Å². The number of para-hydroxylation sites is 1. The molecule has 0 amide bonds. The third-order valence-corrected chi connectivity index (χ3v) is 4.76. The lowest BCUT2D eigenvalue weighted by Crippen LogP contribution is -1.99. The van der Waals surface area contributed by atoms with E-state index in [0.29, 0.717) is 0 Å². The SMILES string of the molecule is COc1ccccc1-c1cc(-c2ccccc2)n(-c2ccc(Br)cc2)n1. The van der Waals surface area contributed by atoms with E-state index in [1.54, 1.807) is 7.11 Å². The van der Waals surface area contributed by atoms with Gasteiger partial charge in [0.2, 0.25) is 0 Å². The molecule has 0 saturated carbocycles. The predicted octanol–water partition coefficient (Wildman–Crippen LogP) is 5.98. The first-order valence-corrected chi connectivity index (χ1v) is 9.10. The molecule has 0 spiro atoms. The van der Waals surface area contributed by atoms with E-state index in [0.717, 1.165) is 38.4 Å². The number of halogens is 1. The standard InChI is InChI=1S/C22H17BrN2O/c1-26-22-10-6-5-9-19(22)20-15-21(16-7-3-2-4-8-16)25(24-20)18-13-11-17(23)12-14-18/h2-15H,1H3. The smallest absolute Gasteiger partial charge is 0.128 e. The van der Waals surface area contributed by atoms with Crippen LogP contribution in [0.1, 0.15) is 0 Å². The van der Waals surface area contributed by atoms with Gasteiger partial charge in [-0.25, -0.2) is 4.68 Å². The molecule has 0 aliphatic carbocycles. The van der Waals surface area contributed by atoms with E-state index >= 15 is 0 Å². The largest absolute Gasteiger partial charge is 0.496 e. The fourth-order valence-electron chi connectivity index (χ4n) is 2.96. The zero-order valence-electron chi connectivity index (χ0n) is 14.3. The van der Waals surface area contributed by atoms with Gasteiger partial charge in [-0.1, -0.05) is 58.4 Å². The number of methoxy groups -OCH3 is 1. The molecule has 4 rings (SSSR count). The van der Waals surface area contributed by atoms with E-state index in [1.165, 1.54) is 0 Å². The predicted molar refractivity (Wildman–Crippen MR) is 109 cm³/mol. The van der Waals surface area contributed by atoms with Crippen LogP contribution in [0, 0.1) is 0 Å². The highest BCUT2D eigenvalue weighted by Crippen LogP contribution is 2.33. The molecule has 3 nitrogen and oxygen atoms in total. The first kappa shape index (κ1) is 16.6. The van der Waals surface area contributed by atoms with Gasteiger partial charge in [0.05, 0.1) is 24.2 Å². The fraction of sp³-hybridized carbons (Fsp3) is 0.0455. The van der Waals surface area contributed by atoms with Gasteiger partial charge in [-0.15, -0.1) is 0 Å². The highest BCUT2D eigenvalue weighted by Gasteiger charge is 2.15. The molecule has 4 heteroatoms. The second-order valence-electron chi connectivity index (χ2n) is 5.87. The normalized spacial score (nSPS) is 10.7. The average Bonchev–Trinajstić information content (AvgIpc) is 3.14. The molecule has 0 fully saturated rings. The Morgan fingerprint density at radius 3 is 2.27 bits per heavy atom. The van der Waals surface area contributed by atoms with Crippen molar-refractivity contribution in [3.63, 3.8) is 0 Å². The Bertz CT molecular complexity index is 1020. The van der Waals surface area contributed by atoms with Crippen LogP contribution in [0.4, 0.5) is 0 Å². The molecule has 0 aliphatic heterocycles. The molecule has 0 N–H and O–H groups in total. The Morgan fingerprint density at radius 1 is 0.846 bits per heavy atom. The molecule has 0 radical (unpaired) electrons. The van der Waals surface area contributed by atoms with Crippen LogP contribution < -0.4 is 4.74 Å². The molecule has 0 bridgehead atoms. The minimum atomic E-state index is 0.813. The lowest BCUT2D eigenvalue weighted by molar-refractivity contribution is 0.416. The third-order valence-electron chi connectivity index (χ3n) is 4.23. The Balaban J connectivity index is 1.92.